The van der Waals surface area contributed by atoms with Crippen LogP contribution < -0.4 is 10.6 Å². The maximum atomic E-state index is 13.0. The van der Waals surface area contributed by atoms with E-state index in [9.17, 15) is 9.18 Å². The van der Waals surface area contributed by atoms with Crippen molar-refractivity contribution in [3.8, 4) is 6.07 Å². The molecule has 1 aromatic rings. The van der Waals surface area contributed by atoms with E-state index in [1.165, 1.54) is 18.3 Å². The summed E-state index contributed by atoms with van der Waals surface area (Å²) in [6.45, 7) is 5.84. The number of rotatable bonds is 4. The molecule has 0 saturated heterocycles. The number of benzene rings is 1. The van der Waals surface area contributed by atoms with Crippen molar-refractivity contribution >= 4 is 5.91 Å². The van der Waals surface area contributed by atoms with Crippen LogP contribution in [-0.4, -0.2) is 11.4 Å². The van der Waals surface area contributed by atoms with Crippen LogP contribution in [0.15, 0.2) is 36.0 Å². The second-order valence-electron chi connectivity index (χ2n) is 5.38. The normalized spacial score (nSPS) is 11.7. The highest BCUT2D eigenvalue weighted by atomic mass is 19.1. The van der Waals surface area contributed by atoms with Crippen LogP contribution >= 0.6 is 0 Å². The first-order valence-corrected chi connectivity index (χ1v) is 6.22. The van der Waals surface area contributed by atoms with Gasteiger partial charge in [0.2, 0.25) is 0 Å². The number of amides is 1. The molecule has 0 fully saturated rings. The molecule has 0 heterocycles. The van der Waals surface area contributed by atoms with Gasteiger partial charge in [-0.3, -0.25) is 4.79 Å². The molecule has 1 rings (SSSR count). The van der Waals surface area contributed by atoms with Crippen LogP contribution in [0.4, 0.5) is 4.39 Å². The van der Waals surface area contributed by atoms with Crippen molar-refractivity contribution in [2.75, 3.05) is 0 Å². The zero-order chi connectivity index (χ0) is 15.2. The van der Waals surface area contributed by atoms with E-state index in [0.29, 0.717) is 6.54 Å². The molecule has 0 aliphatic carbocycles. The second kappa shape index (κ2) is 6.71. The van der Waals surface area contributed by atoms with Gasteiger partial charge in [0, 0.05) is 18.3 Å². The third kappa shape index (κ3) is 5.53. The van der Waals surface area contributed by atoms with Crippen LogP contribution in [0.5, 0.6) is 0 Å². The van der Waals surface area contributed by atoms with E-state index < -0.39 is 11.4 Å². The fourth-order valence-corrected chi connectivity index (χ4v) is 1.47. The number of hydrogen-bond donors (Lipinski definition) is 2. The molecule has 0 aliphatic rings. The Morgan fingerprint density at radius 3 is 2.70 bits per heavy atom. The monoisotopic (exact) mass is 275 g/mol. The molecule has 5 heteroatoms. The van der Waals surface area contributed by atoms with Crippen molar-refractivity contribution in [3.63, 3.8) is 0 Å². The fourth-order valence-electron chi connectivity index (χ4n) is 1.47. The SMILES string of the molecule is CC(C)(C)NC(=O)/C(C#N)=C\NCc1cccc(F)c1. The minimum Gasteiger partial charge on any atom is -0.386 e. The molecule has 1 amide bonds. The molecule has 2 N–H and O–H groups in total. The molecule has 0 aromatic heterocycles. The van der Waals surface area contributed by atoms with Crippen LogP contribution in [-0.2, 0) is 11.3 Å². The van der Waals surface area contributed by atoms with Gasteiger partial charge in [0.05, 0.1) is 0 Å². The van der Waals surface area contributed by atoms with Gasteiger partial charge in [0.15, 0.2) is 0 Å². The topological polar surface area (TPSA) is 64.9 Å². The number of hydrogen-bond acceptors (Lipinski definition) is 3. The van der Waals surface area contributed by atoms with Gasteiger partial charge in [-0.05, 0) is 38.5 Å². The lowest BCUT2D eigenvalue weighted by Gasteiger charge is -2.20. The number of carbonyl (C=O) groups excluding carboxylic acids is 1. The summed E-state index contributed by atoms with van der Waals surface area (Å²) >= 11 is 0. The van der Waals surface area contributed by atoms with Crippen molar-refractivity contribution in [1.82, 2.24) is 10.6 Å². The lowest BCUT2D eigenvalue weighted by molar-refractivity contribution is -0.118. The first kappa shape index (κ1) is 15.7. The number of carbonyl (C=O) groups is 1. The summed E-state index contributed by atoms with van der Waals surface area (Å²) in [5.74, 6) is -0.758. The number of nitrogens with zero attached hydrogens (tertiary/aromatic N) is 1. The molecule has 0 radical (unpaired) electrons. The maximum Gasteiger partial charge on any atom is 0.263 e. The Labute approximate surface area is 118 Å². The van der Waals surface area contributed by atoms with Crippen molar-refractivity contribution in [1.29, 1.82) is 5.26 Å². The van der Waals surface area contributed by atoms with Crippen LogP contribution in [0.3, 0.4) is 0 Å². The Balaban J connectivity index is 2.63. The lowest BCUT2D eigenvalue weighted by Crippen LogP contribution is -2.41. The van der Waals surface area contributed by atoms with Crippen molar-refractivity contribution in [2.24, 2.45) is 0 Å². The van der Waals surface area contributed by atoms with Crippen LogP contribution in [0.1, 0.15) is 26.3 Å². The summed E-state index contributed by atoms with van der Waals surface area (Å²) in [5.41, 5.74) is 0.307. The van der Waals surface area contributed by atoms with E-state index in [1.807, 2.05) is 26.8 Å². The third-order valence-electron chi connectivity index (χ3n) is 2.30. The van der Waals surface area contributed by atoms with E-state index >= 15 is 0 Å². The average molecular weight is 275 g/mol. The smallest absolute Gasteiger partial charge is 0.263 e. The van der Waals surface area contributed by atoms with Gasteiger partial charge in [-0.2, -0.15) is 5.26 Å². The molecule has 4 nitrogen and oxygen atoms in total. The van der Waals surface area contributed by atoms with Crippen LogP contribution in [0, 0.1) is 17.1 Å². The van der Waals surface area contributed by atoms with Crippen molar-refractivity contribution < 1.29 is 9.18 Å². The number of nitriles is 1. The van der Waals surface area contributed by atoms with Crippen molar-refractivity contribution in [3.05, 3.63) is 47.4 Å². The summed E-state index contributed by atoms with van der Waals surface area (Å²) in [7, 11) is 0. The lowest BCUT2D eigenvalue weighted by atomic mass is 10.1. The Morgan fingerprint density at radius 2 is 2.15 bits per heavy atom. The van der Waals surface area contributed by atoms with E-state index in [1.54, 1.807) is 12.1 Å². The fraction of sp³-hybridized carbons (Fsp3) is 0.333. The van der Waals surface area contributed by atoms with Gasteiger partial charge in [0.1, 0.15) is 17.5 Å². The van der Waals surface area contributed by atoms with Crippen LogP contribution in [0.2, 0.25) is 0 Å². The van der Waals surface area contributed by atoms with Gasteiger partial charge in [-0.25, -0.2) is 4.39 Å². The predicted molar refractivity (Wildman–Crippen MR) is 74.8 cm³/mol. The highest BCUT2D eigenvalue weighted by Gasteiger charge is 2.16. The number of halogens is 1. The molecule has 0 spiro atoms. The molecule has 0 saturated carbocycles. The highest BCUT2D eigenvalue weighted by Crippen LogP contribution is 2.04. The summed E-state index contributed by atoms with van der Waals surface area (Å²) in [6.07, 6.45) is 1.34. The summed E-state index contributed by atoms with van der Waals surface area (Å²) < 4.78 is 13.0. The first-order chi connectivity index (χ1) is 9.31. The quantitative estimate of drug-likeness (QED) is 0.654. The van der Waals surface area contributed by atoms with Gasteiger partial charge < -0.3 is 10.6 Å². The molecule has 0 aliphatic heterocycles. The maximum absolute atomic E-state index is 13.0. The minimum absolute atomic E-state index is 0.0173. The predicted octanol–water partition coefficient (Wildman–Crippen LogP) is 2.24. The summed E-state index contributed by atoms with van der Waals surface area (Å²) in [5, 5.41) is 14.5. The summed E-state index contributed by atoms with van der Waals surface area (Å²) in [4.78, 5) is 11.8. The van der Waals surface area contributed by atoms with Crippen LogP contribution in [0.25, 0.3) is 0 Å². The largest absolute Gasteiger partial charge is 0.386 e. The van der Waals surface area contributed by atoms with E-state index in [-0.39, 0.29) is 11.4 Å². The molecule has 0 unspecified atom stereocenters. The standard InChI is InChI=1S/C15H18FN3O/c1-15(2,3)19-14(20)12(8-17)10-18-9-11-5-4-6-13(16)7-11/h4-7,10,18H,9H2,1-3H3,(H,19,20)/b12-10-. The molecule has 0 atom stereocenters. The Kier molecular flexibility index (Phi) is 5.27. The molecular weight excluding hydrogens is 257 g/mol. The Hall–Kier alpha value is -2.35. The molecular formula is C15H18FN3O. The molecule has 20 heavy (non-hydrogen) atoms. The van der Waals surface area contributed by atoms with Gasteiger partial charge >= 0.3 is 0 Å². The van der Waals surface area contributed by atoms with E-state index in [4.69, 9.17) is 5.26 Å². The van der Waals surface area contributed by atoms with Gasteiger partial charge in [0.25, 0.3) is 5.91 Å². The second-order valence-corrected chi connectivity index (χ2v) is 5.38. The van der Waals surface area contributed by atoms with Gasteiger partial charge in [-0.15, -0.1) is 0 Å². The van der Waals surface area contributed by atoms with Gasteiger partial charge in [-0.1, -0.05) is 12.1 Å². The van der Waals surface area contributed by atoms with E-state index in [0.717, 1.165) is 5.56 Å². The molecule has 106 valence electrons. The highest BCUT2D eigenvalue weighted by molar-refractivity contribution is 5.97. The van der Waals surface area contributed by atoms with Crippen molar-refractivity contribution in [2.45, 2.75) is 32.9 Å². The number of nitrogens with one attached hydrogen (secondary N) is 2. The first-order valence-electron chi connectivity index (χ1n) is 6.22. The Morgan fingerprint density at radius 1 is 1.45 bits per heavy atom. The third-order valence-corrected chi connectivity index (χ3v) is 2.30. The Bertz CT molecular complexity index is 553. The zero-order valence-corrected chi connectivity index (χ0v) is 11.8. The summed E-state index contributed by atoms with van der Waals surface area (Å²) in [6, 6.07) is 7.94. The average Bonchev–Trinajstić information content (AvgIpc) is 2.32. The minimum atomic E-state index is -0.438. The molecule has 1 aromatic carbocycles. The van der Waals surface area contributed by atoms with E-state index in [2.05, 4.69) is 10.6 Å². The zero-order valence-electron chi connectivity index (χ0n) is 11.8. The molecule has 0 bridgehead atoms.